The first-order valence-corrected chi connectivity index (χ1v) is 9.43. The van der Waals surface area contributed by atoms with Crippen LogP contribution in [0.25, 0.3) is 0 Å². The van der Waals surface area contributed by atoms with E-state index in [4.69, 9.17) is 4.74 Å². The fraction of sp³-hybridized carbons (Fsp3) is 0.350. The number of rotatable bonds is 8. The van der Waals surface area contributed by atoms with Crippen LogP contribution < -0.4 is 10.6 Å². The van der Waals surface area contributed by atoms with Gasteiger partial charge in [-0.1, -0.05) is 18.2 Å². The van der Waals surface area contributed by atoms with Crippen molar-refractivity contribution in [1.82, 2.24) is 0 Å². The highest BCUT2D eigenvalue weighted by Crippen LogP contribution is 2.34. The molecule has 0 fully saturated rings. The highest BCUT2D eigenvalue weighted by Gasteiger charge is 2.18. The summed E-state index contributed by atoms with van der Waals surface area (Å²) in [6.07, 6.45) is 0. The summed E-state index contributed by atoms with van der Waals surface area (Å²) in [4.78, 5) is 13.0. The summed E-state index contributed by atoms with van der Waals surface area (Å²) in [5, 5.41) is 6.57. The maximum atomic E-state index is 12.0. The first kappa shape index (κ1) is 19.2. The third-order valence-electron chi connectivity index (χ3n) is 3.41. The van der Waals surface area contributed by atoms with Crippen LogP contribution in [0.15, 0.2) is 53.4 Å². The Morgan fingerprint density at radius 2 is 1.80 bits per heavy atom. The third-order valence-corrected chi connectivity index (χ3v) is 4.55. The largest absolute Gasteiger partial charge is 0.465 e. The van der Waals surface area contributed by atoms with Crippen molar-refractivity contribution in [3.8, 4) is 0 Å². The molecule has 0 aliphatic rings. The van der Waals surface area contributed by atoms with Gasteiger partial charge in [0.05, 0.1) is 6.61 Å². The van der Waals surface area contributed by atoms with Gasteiger partial charge in [-0.05, 0) is 58.0 Å². The quantitative estimate of drug-likeness (QED) is 0.496. The number of carbonyl (C=O) groups is 1. The van der Waals surface area contributed by atoms with Crippen molar-refractivity contribution < 1.29 is 9.53 Å². The van der Waals surface area contributed by atoms with Crippen molar-refractivity contribution in [3.05, 3.63) is 48.5 Å². The molecule has 0 radical (unpaired) electrons. The van der Waals surface area contributed by atoms with E-state index in [-0.39, 0.29) is 11.2 Å². The lowest BCUT2D eigenvalue weighted by Gasteiger charge is -2.18. The highest BCUT2D eigenvalue weighted by atomic mass is 32.2. The molecule has 1 unspecified atom stereocenters. The SMILES string of the molecule is CCOC(=O)C(C)Sc1cc(Nc2ccccc2)ccc1NC(C)C. The molecule has 4 nitrogen and oxygen atoms in total. The Labute approximate surface area is 154 Å². The molecule has 0 saturated carbocycles. The molecule has 1 atom stereocenters. The van der Waals surface area contributed by atoms with E-state index in [1.54, 1.807) is 0 Å². The molecule has 0 aromatic heterocycles. The van der Waals surface area contributed by atoms with Gasteiger partial charge < -0.3 is 15.4 Å². The van der Waals surface area contributed by atoms with Gasteiger partial charge in [0.15, 0.2) is 0 Å². The van der Waals surface area contributed by atoms with Gasteiger partial charge in [0.2, 0.25) is 0 Å². The van der Waals surface area contributed by atoms with E-state index in [1.807, 2.05) is 56.3 Å². The molecule has 2 aromatic carbocycles. The van der Waals surface area contributed by atoms with Gasteiger partial charge in [-0.2, -0.15) is 0 Å². The van der Waals surface area contributed by atoms with Crippen LogP contribution in [0.5, 0.6) is 0 Å². The standard InChI is InChI=1S/C20H26N2O2S/c1-5-24-20(23)15(4)25-19-13-17(11-12-18(19)21-14(2)3)22-16-9-7-6-8-10-16/h6-15,21-22H,5H2,1-4H3. The summed E-state index contributed by atoms with van der Waals surface area (Å²) >= 11 is 1.51. The van der Waals surface area contributed by atoms with E-state index in [2.05, 4.69) is 30.5 Å². The van der Waals surface area contributed by atoms with Crippen LogP contribution in [0.1, 0.15) is 27.7 Å². The molecule has 2 rings (SSSR count). The average molecular weight is 359 g/mol. The zero-order valence-corrected chi connectivity index (χ0v) is 16.0. The first-order chi connectivity index (χ1) is 12.0. The molecule has 0 saturated heterocycles. The van der Waals surface area contributed by atoms with Crippen LogP contribution >= 0.6 is 11.8 Å². The minimum atomic E-state index is -0.264. The van der Waals surface area contributed by atoms with Crippen molar-refractivity contribution in [2.45, 2.75) is 43.9 Å². The van der Waals surface area contributed by atoms with Crippen LogP contribution in [0.2, 0.25) is 0 Å². The summed E-state index contributed by atoms with van der Waals surface area (Å²) in [5.41, 5.74) is 3.04. The van der Waals surface area contributed by atoms with Gasteiger partial charge >= 0.3 is 5.97 Å². The van der Waals surface area contributed by atoms with Crippen molar-refractivity contribution in [1.29, 1.82) is 0 Å². The van der Waals surface area contributed by atoms with Gasteiger partial charge in [0.25, 0.3) is 0 Å². The molecule has 5 heteroatoms. The van der Waals surface area contributed by atoms with E-state index in [1.165, 1.54) is 11.8 Å². The number of ether oxygens (including phenoxy) is 1. The van der Waals surface area contributed by atoms with Crippen LogP contribution in [0.3, 0.4) is 0 Å². The molecule has 25 heavy (non-hydrogen) atoms. The van der Waals surface area contributed by atoms with Crippen LogP contribution in [-0.2, 0) is 9.53 Å². The predicted octanol–water partition coefficient (Wildman–Crippen LogP) is 5.29. The number of thioether (sulfide) groups is 1. The molecular weight excluding hydrogens is 332 g/mol. The Kier molecular flexibility index (Phi) is 7.19. The summed E-state index contributed by atoms with van der Waals surface area (Å²) in [6, 6.07) is 16.5. The van der Waals surface area contributed by atoms with Gasteiger partial charge in [-0.3, -0.25) is 4.79 Å². The predicted molar refractivity (Wildman–Crippen MR) is 107 cm³/mol. The molecule has 0 heterocycles. The maximum absolute atomic E-state index is 12.0. The number of anilines is 3. The van der Waals surface area contributed by atoms with Crippen LogP contribution in [0.4, 0.5) is 17.1 Å². The number of hydrogen-bond acceptors (Lipinski definition) is 5. The van der Waals surface area contributed by atoms with E-state index in [0.717, 1.165) is 22.0 Å². The molecule has 2 N–H and O–H groups in total. The van der Waals surface area contributed by atoms with Crippen LogP contribution in [0, 0.1) is 0 Å². The number of esters is 1. The summed E-state index contributed by atoms with van der Waals surface area (Å²) < 4.78 is 5.13. The second-order valence-corrected chi connectivity index (χ2v) is 7.40. The summed E-state index contributed by atoms with van der Waals surface area (Å²) in [6.45, 7) is 8.29. The van der Waals surface area contributed by atoms with E-state index in [0.29, 0.717) is 12.6 Å². The summed E-state index contributed by atoms with van der Waals surface area (Å²) in [7, 11) is 0. The van der Waals surface area contributed by atoms with Crippen molar-refractivity contribution in [3.63, 3.8) is 0 Å². The smallest absolute Gasteiger partial charge is 0.319 e. The zero-order chi connectivity index (χ0) is 18.2. The van der Waals surface area contributed by atoms with Crippen molar-refractivity contribution in [2.75, 3.05) is 17.2 Å². The zero-order valence-electron chi connectivity index (χ0n) is 15.2. The summed E-state index contributed by atoms with van der Waals surface area (Å²) in [5.74, 6) is -0.190. The second kappa shape index (κ2) is 9.37. The van der Waals surface area contributed by atoms with Gasteiger partial charge in [0, 0.05) is 28.0 Å². The number of hydrogen-bond donors (Lipinski definition) is 2. The molecule has 0 amide bonds. The number of para-hydroxylation sites is 1. The lowest BCUT2D eigenvalue weighted by Crippen LogP contribution is -2.17. The van der Waals surface area contributed by atoms with Crippen LogP contribution in [-0.4, -0.2) is 23.9 Å². The second-order valence-electron chi connectivity index (χ2n) is 6.01. The Bertz CT molecular complexity index is 689. The highest BCUT2D eigenvalue weighted by molar-refractivity contribution is 8.00. The topological polar surface area (TPSA) is 50.4 Å². The normalized spacial score (nSPS) is 11.9. The minimum Gasteiger partial charge on any atom is -0.465 e. The van der Waals surface area contributed by atoms with Crippen molar-refractivity contribution in [2.24, 2.45) is 0 Å². The van der Waals surface area contributed by atoms with E-state index in [9.17, 15) is 4.79 Å². The van der Waals surface area contributed by atoms with Gasteiger partial charge in [0.1, 0.15) is 5.25 Å². The molecule has 0 aliphatic heterocycles. The number of benzene rings is 2. The van der Waals surface area contributed by atoms with Gasteiger partial charge in [-0.15, -0.1) is 11.8 Å². The number of carbonyl (C=O) groups excluding carboxylic acids is 1. The van der Waals surface area contributed by atoms with Gasteiger partial charge in [-0.25, -0.2) is 0 Å². The maximum Gasteiger partial charge on any atom is 0.319 e. The molecule has 134 valence electrons. The lowest BCUT2D eigenvalue weighted by molar-refractivity contribution is -0.142. The van der Waals surface area contributed by atoms with E-state index < -0.39 is 0 Å². The Hall–Kier alpha value is -2.14. The molecular formula is C20H26N2O2S. The monoisotopic (exact) mass is 358 g/mol. The Morgan fingerprint density at radius 3 is 2.44 bits per heavy atom. The Balaban J connectivity index is 2.22. The first-order valence-electron chi connectivity index (χ1n) is 8.55. The average Bonchev–Trinajstić information content (AvgIpc) is 2.58. The molecule has 0 spiro atoms. The number of nitrogens with one attached hydrogen (secondary N) is 2. The van der Waals surface area contributed by atoms with E-state index >= 15 is 0 Å². The fourth-order valence-corrected chi connectivity index (χ4v) is 3.31. The molecule has 0 bridgehead atoms. The third kappa shape index (κ3) is 6.02. The Morgan fingerprint density at radius 1 is 1.08 bits per heavy atom. The molecule has 2 aromatic rings. The fourth-order valence-electron chi connectivity index (χ4n) is 2.31. The minimum absolute atomic E-state index is 0.190. The lowest BCUT2D eigenvalue weighted by atomic mass is 10.2. The molecule has 0 aliphatic carbocycles. The van der Waals surface area contributed by atoms with Crippen molar-refractivity contribution >= 4 is 34.8 Å².